The van der Waals surface area contributed by atoms with E-state index in [1.165, 1.54) is 11.1 Å². The molecule has 0 saturated heterocycles. The van der Waals surface area contributed by atoms with Gasteiger partial charge in [0, 0.05) is 44.3 Å². The van der Waals surface area contributed by atoms with Crippen molar-refractivity contribution in [3.8, 4) is 0 Å². The second-order valence-corrected chi connectivity index (χ2v) is 9.21. The zero-order valence-electron chi connectivity index (χ0n) is 19.3. The van der Waals surface area contributed by atoms with Crippen molar-refractivity contribution in [1.29, 1.82) is 0 Å². The van der Waals surface area contributed by atoms with Crippen molar-refractivity contribution in [2.45, 2.75) is 33.0 Å². The minimum Gasteiger partial charge on any atom is -0.313 e. The summed E-state index contributed by atoms with van der Waals surface area (Å²) >= 11 is 12.4. The monoisotopic (exact) mass is 491 g/mol. The second kappa shape index (κ2) is 11.8. The van der Waals surface area contributed by atoms with Gasteiger partial charge in [-0.2, -0.15) is 0 Å². The molecule has 2 amide bonds. The molecule has 0 radical (unpaired) electrons. The third-order valence-corrected chi connectivity index (χ3v) is 6.09. The maximum absolute atomic E-state index is 13.0. The number of hydrogen-bond donors (Lipinski definition) is 2. The molecular weight excluding hydrogens is 461 g/mol. The number of benzene rings is 2. The zero-order chi connectivity index (χ0) is 24.0. The number of nitrogens with zero attached hydrogens (tertiary/aromatic N) is 3. The Kier molecular flexibility index (Phi) is 9.11. The van der Waals surface area contributed by atoms with Crippen molar-refractivity contribution in [2.24, 2.45) is 0 Å². The van der Waals surface area contributed by atoms with Gasteiger partial charge in [-0.25, -0.2) is 5.01 Å². The van der Waals surface area contributed by atoms with E-state index in [4.69, 9.17) is 23.2 Å². The van der Waals surface area contributed by atoms with Gasteiger partial charge in [0.15, 0.2) is 0 Å². The summed E-state index contributed by atoms with van der Waals surface area (Å²) in [5, 5.41) is 10.8. The lowest BCUT2D eigenvalue weighted by Gasteiger charge is -2.28. The molecule has 1 aliphatic heterocycles. The Balaban J connectivity index is 1.55. The van der Waals surface area contributed by atoms with Crippen molar-refractivity contribution in [2.75, 3.05) is 38.1 Å². The molecule has 33 heavy (non-hydrogen) atoms. The molecule has 2 aromatic rings. The SMILES string of the molecule is CC(C)NCCN(C(=O)CNCC(=O)N(C)N1Cc2ccccc2C1)c1ccc(Cl)cc1Cl. The molecule has 2 N–H and O–H groups in total. The van der Waals surface area contributed by atoms with Crippen LogP contribution in [0.2, 0.25) is 10.0 Å². The molecule has 0 aromatic heterocycles. The lowest BCUT2D eigenvalue weighted by atomic mass is 10.1. The van der Waals surface area contributed by atoms with Crippen LogP contribution in [0.4, 0.5) is 5.69 Å². The van der Waals surface area contributed by atoms with E-state index < -0.39 is 0 Å². The number of carbonyl (C=O) groups excluding carboxylic acids is 2. The fourth-order valence-corrected chi connectivity index (χ4v) is 4.23. The first-order valence-corrected chi connectivity index (χ1v) is 11.8. The predicted molar refractivity (Wildman–Crippen MR) is 133 cm³/mol. The second-order valence-electron chi connectivity index (χ2n) is 8.36. The number of hydrogen-bond acceptors (Lipinski definition) is 5. The van der Waals surface area contributed by atoms with Gasteiger partial charge in [0.25, 0.3) is 5.91 Å². The molecule has 178 valence electrons. The van der Waals surface area contributed by atoms with Gasteiger partial charge in [-0.15, -0.1) is 0 Å². The van der Waals surface area contributed by atoms with Crippen LogP contribution in [0, 0.1) is 0 Å². The van der Waals surface area contributed by atoms with E-state index in [-0.39, 0.29) is 24.9 Å². The van der Waals surface area contributed by atoms with Crippen molar-refractivity contribution in [3.63, 3.8) is 0 Å². The Morgan fingerprint density at radius 2 is 1.67 bits per heavy atom. The van der Waals surface area contributed by atoms with Crippen LogP contribution in [0.3, 0.4) is 0 Å². The number of likely N-dealkylation sites (N-methyl/N-ethyl adjacent to an activating group) is 1. The van der Waals surface area contributed by atoms with Crippen LogP contribution in [0.25, 0.3) is 0 Å². The highest BCUT2D eigenvalue weighted by Crippen LogP contribution is 2.29. The maximum Gasteiger partial charge on any atom is 0.250 e. The smallest absolute Gasteiger partial charge is 0.250 e. The lowest BCUT2D eigenvalue weighted by molar-refractivity contribution is -0.145. The number of anilines is 1. The van der Waals surface area contributed by atoms with Gasteiger partial charge in [0.1, 0.15) is 0 Å². The molecule has 0 saturated carbocycles. The van der Waals surface area contributed by atoms with E-state index >= 15 is 0 Å². The Labute approximate surface area is 205 Å². The number of nitrogens with one attached hydrogen (secondary N) is 2. The highest BCUT2D eigenvalue weighted by Gasteiger charge is 2.25. The van der Waals surface area contributed by atoms with Crippen molar-refractivity contribution in [3.05, 3.63) is 63.6 Å². The Hall–Kier alpha value is -2.16. The first kappa shape index (κ1) is 25.5. The fourth-order valence-electron chi connectivity index (χ4n) is 3.72. The van der Waals surface area contributed by atoms with E-state index in [0.717, 1.165) is 0 Å². The van der Waals surface area contributed by atoms with Gasteiger partial charge < -0.3 is 10.2 Å². The summed E-state index contributed by atoms with van der Waals surface area (Å²) in [5.74, 6) is -0.276. The molecule has 2 aromatic carbocycles. The molecular formula is C24H31Cl2N5O2. The zero-order valence-corrected chi connectivity index (χ0v) is 20.8. The van der Waals surface area contributed by atoms with Gasteiger partial charge in [0.05, 0.1) is 23.8 Å². The maximum atomic E-state index is 13.0. The summed E-state index contributed by atoms with van der Waals surface area (Å²) in [6.45, 7) is 6.61. The number of carbonyl (C=O) groups is 2. The Bertz CT molecular complexity index is 960. The van der Waals surface area contributed by atoms with Crippen LogP contribution in [0.15, 0.2) is 42.5 Å². The lowest BCUT2D eigenvalue weighted by Crippen LogP contribution is -2.47. The molecule has 3 rings (SSSR count). The standard InChI is InChI=1S/C24H31Cl2N5O2/c1-17(2)28-10-11-31(22-9-8-20(25)12-21(22)26)24(33)14-27-13-23(32)29(3)30-15-18-6-4-5-7-19(18)16-30/h4-9,12,17,27-28H,10-11,13-16H2,1-3H3. The van der Waals surface area contributed by atoms with E-state index in [2.05, 4.69) is 22.8 Å². The minimum absolute atomic E-state index is 0.0143. The summed E-state index contributed by atoms with van der Waals surface area (Å²) in [7, 11) is 1.76. The number of halogens is 2. The summed E-state index contributed by atoms with van der Waals surface area (Å²) < 4.78 is 0. The number of hydrazine groups is 1. The molecule has 9 heteroatoms. The summed E-state index contributed by atoms with van der Waals surface area (Å²) in [6, 6.07) is 13.5. The molecule has 0 unspecified atom stereocenters. The highest BCUT2D eigenvalue weighted by molar-refractivity contribution is 6.36. The molecule has 1 aliphatic rings. The topological polar surface area (TPSA) is 67.9 Å². The average Bonchev–Trinajstić information content (AvgIpc) is 3.20. The van der Waals surface area contributed by atoms with E-state index in [1.807, 2.05) is 31.0 Å². The minimum atomic E-state index is -0.172. The van der Waals surface area contributed by atoms with Crippen LogP contribution in [0.1, 0.15) is 25.0 Å². The van der Waals surface area contributed by atoms with Gasteiger partial charge >= 0.3 is 0 Å². The van der Waals surface area contributed by atoms with Gasteiger partial charge in [-0.1, -0.05) is 61.3 Å². The van der Waals surface area contributed by atoms with Gasteiger partial charge in [-0.3, -0.25) is 19.9 Å². The number of fused-ring (bicyclic) bond motifs is 1. The number of rotatable bonds is 10. The molecule has 0 fully saturated rings. The van der Waals surface area contributed by atoms with Crippen molar-refractivity contribution in [1.82, 2.24) is 20.7 Å². The third-order valence-electron chi connectivity index (χ3n) is 5.55. The van der Waals surface area contributed by atoms with E-state index in [9.17, 15) is 9.59 Å². The fraction of sp³-hybridized carbons (Fsp3) is 0.417. The molecule has 0 spiro atoms. The van der Waals surface area contributed by atoms with E-state index in [1.54, 1.807) is 35.2 Å². The van der Waals surface area contributed by atoms with Gasteiger partial charge in [-0.05, 0) is 29.3 Å². The van der Waals surface area contributed by atoms with Crippen LogP contribution in [-0.2, 0) is 22.7 Å². The van der Waals surface area contributed by atoms with Gasteiger partial charge in [0.2, 0.25) is 5.91 Å². The highest BCUT2D eigenvalue weighted by atomic mass is 35.5. The first-order chi connectivity index (χ1) is 15.8. The van der Waals surface area contributed by atoms with Crippen molar-refractivity contribution < 1.29 is 9.59 Å². The largest absolute Gasteiger partial charge is 0.313 e. The predicted octanol–water partition coefficient (Wildman–Crippen LogP) is 3.30. The Morgan fingerprint density at radius 3 is 2.27 bits per heavy atom. The van der Waals surface area contributed by atoms with Crippen LogP contribution in [-0.4, -0.2) is 61.1 Å². The molecule has 7 nitrogen and oxygen atoms in total. The third kappa shape index (κ3) is 6.91. The quantitative estimate of drug-likeness (QED) is 0.533. The average molecular weight is 492 g/mol. The van der Waals surface area contributed by atoms with Crippen LogP contribution < -0.4 is 15.5 Å². The number of amides is 2. The van der Waals surface area contributed by atoms with Crippen molar-refractivity contribution >= 4 is 40.7 Å². The van der Waals surface area contributed by atoms with Crippen LogP contribution in [0.5, 0.6) is 0 Å². The Morgan fingerprint density at radius 1 is 1.03 bits per heavy atom. The normalized spacial score (nSPS) is 13.3. The summed E-state index contributed by atoms with van der Waals surface area (Å²) in [6.07, 6.45) is 0. The molecule has 0 aliphatic carbocycles. The molecule has 0 atom stereocenters. The molecule has 0 bridgehead atoms. The van der Waals surface area contributed by atoms with E-state index in [0.29, 0.717) is 48.0 Å². The first-order valence-electron chi connectivity index (χ1n) is 11.0. The van der Waals surface area contributed by atoms with Crippen LogP contribution >= 0.6 is 23.2 Å². The summed E-state index contributed by atoms with van der Waals surface area (Å²) in [4.78, 5) is 27.3. The summed E-state index contributed by atoms with van der Waals surface area (Å²) in [5.41, 5.74) is 3.05. The molecule has 1 heterocycles.